The lowest BCUT2D eigenvalue weighted by Crippen LogP contribution is -2.62. The second kappa shape index (κ2) is 15.3. The van der Waals surface area contributed by atoms with E-state index in [4.69, 9.17) is 8.83 Å². The summed E-state index contributed by atoms with van der Waals surface area (Å²) < 4.78 is 14.1. The lowest BCUT2D eigenvalue weighted by molar-refractivity contribution is 0.589. The Morgan fingerprint density at radius 1 is 0.479 bits per heavy atom. The molecule has 354 valence electrons. The molecule has 0 spiro atoms. The van der Waals surface area contributed by atoms with Crippen molar-refractivity contribution in [2.24, 2.45) is 0 Å². The largest absolute Gasteiger partial charge is 0.456 e. The van der Waals surface area contributed by atoms with E-state index in [1.54, 1.807) is 0 Å². The minimum atomic E-state index is -0.338. The standard InChI is InChI=1S/C68H57BN2O2/c1-40-34-44(67(5,6)7)30-33-55(40)70-57-37-52-59(73-65(42-22-14-11-15-23-42)61(52)41-20-12-10-13-21-41)38-54(57)69-63-51(36-50-46-24-16-18-26-53(46)68(8,9)62(50)64(63)70)48-35-49-47-25-17-19-27-58(47)72-60(49)39-56(48)71(69)45-31-28-43(29-32-45)66(2,3)4/h10-39H,1-9H3. The number of fused-ring (bicyclic) bond motifs is 12. The fourth-order valence-corrected chi connectivity index (χ4v) is 12.8. The monoisotopic (exact) mass is 944 g/mol. The molecule has 4 nitrogen and oxygen atoms in total. The van der Waals surface area contributed by atoms with E-state index in [-0.39, 0.29) is 23.1 Å². The van der Waals surface area contributed by atoms with Crippen molar-refractivity contribution >= 4 is 79.1 Å². The summed E-state index contributed by atoms with van der Waals surface area (Å²) in [6.45, 7) is 20.8. The zero-order chi connectivity index (χ0) is 49.9. The molecule has 5 heteroatoms. The van der Waals surface area contributed by atoms with E-state index in [0.29, 0.717) is 0 Å². The fraction of sp³-hybridized carbons (Fsp3) is 0.176. The van der Waals surface area contributed by atoms with Gasteiger partial charge in [-0.25, -0.2) is 0 Å². The molecule has 0 fully saturated rings. The van der Waals surface area contributed by atoms with Crippen molar-refractivity contribution in [1.29, 1.82) is 0 Å². The molecule has 3 aliphatic rings. The Kier molecular flexibility index (Phi) is 9.14. The molecule has 2 aromatic heterocycles. The van der Waals surface area contributed by atoms with Crippen LogP contribution in [0.5, 0.6) is 0 Å². The Labute approximate surface area is 428 Å². The van der Waals surface area contributed by atoms with Gasteiger partial charge in [0.15, 0.2) is 0 Å². The molecule has 11 aromatic rings. The zero-order valence-electron chi connectivity index (χ0n) is 43.1. The molecular formula is C68H57BN2O2. The highest BCUT2D eigenvalue weighted by Gasteiger charge is 2.51. The second-order valence-corrected chi connectivity index (χ2v) is 23.3. The van der Waals surface area contributed by atoms with Gasteiger partial charge in [-0.2, -0.15) is 0 Å². The molecular weight excluding hydrogens is 888 g/mol. The average Bonchev–Trinajstić information content (AvgIpc) is 4.03. The molecule has 9 aromatic carbocycles. The van der Waals surface area contributed by atoms with Crippen LogP contribution in [0.25, 0.3) is 77.6 Å². The molecule has 4 heterocycles. The van der Waals surface area contributed by atoms with Crippen molar-refractivity contribution in [3.8, 4) is 44.7 Å². The van der Waals surface area contributed by atoms with E-state index in [9.17, 15) is 0 Å². The molecule has 0 N–H and O–H groups in total. The van der Waals surface area contributed by atoms with Crippen LogP contribution < -0.4 is 20.6 Å². The van der Waals surface area contributed by atoms with Gasteiger partial charge in [-0.1, -0.05) is 183 Å². The third-order valence-corrected chi connectivity index (χ3v) is 16.4. The molecule has 1 aliphatic carbocycles. The summed E-state index contributed by atoms with van der Waals surface area (Å²) in [5, 5.41) is 3.32. The highest BCUT2D eigenvalue weighted by molar-refractivity contribution is 6.94. The van der Waals surface area contributed by atoms with Crippen molar-refractivity contribution < 1.29 is 8.83 Å². The molecule has 0 amide bonds. The van der Waals surface area contributed by atoms with E-state index in [0.717, 1.165) is 72.4 Å². The molecule has 14 rings (SSSR count). The summed E-state index contributed by atoms with van der Waals surface area (Å²) in [6.07, 6.45) is 0. The second-order valence-electron chi connectivity index (χ2n) is 23.3. The lowest BCUT2D eigenvalue weighted by atomic mass is 9.42. The van der Waals surface area contributed by atoms with Gasteiger partial charge in [-0.05, 0) is 127 Å². The average molecular weight is 945 g/mol. The maximum Gasteiger partial charge on any atom is 0.333 e. The van der Waals surface area contributed by atoms with Gasteiger partial charge >= 0.3 is 6.85 Å². The first-order valence-corrected chi connectivity index (χ1v) is 25.9. The Morgan fingerprint density at radius 2 is 1.14 bits per heavy atom. The maximum absolute atomic E-state index is 7.30. The first kappa shape index (κ1) is 43.7. The number of hydrogen-bond acceptors (Lipinski definition) is 4. The smallest absolute Gasteiger partial charge is 0.333 e. The van der Waals surface area contributed by atoms with Crippen LogP contribution in [0, 0.1) is 6.92 Å². The minimum absolute atomic E-state index is 0.0180. The van der Waals surface area contributed by atoms with E-state index < -0.39 is 0 Å². The predicted octanol–water partition coefficient (Wildman–Crippen LogP) is 17.6. The van der Waals surface area contributed by atoms with Gasteiger partial charge in [0.1, 0.15) is 22.5 Å². The highest BCUT2D eigenvalue weighted by Crippen LogP contribution is 2.59. The SMILES string of the molecule is Cc1cc(C(C)(C)C)ccc1N1c2cc3c(-c4ccccc4)c(-c4ccccc4)oc3cc2B2c3c(cc4c(c31)C(C)(C)c1ccccc1-4)-c1cc3c(cc1N2c1ccc(C(C)(C)C)cc1)oc1ccccc13. The molecule has 0 saturated heterocycles. The summed E-state index contributed by atoms with van der Waals surface area (Å²) in [4.78, 5) is 5.29. The van der Waals surface area contributed by atoms with Crippen molar-refractivity contribution in [2.45, 2.75) is 78.6 Å². The van der Waals surface area contributed by atoms with Crippen molar-refractivity contribution in [3.63, 3.8) is 0 Å². The Morgan fingerprint density at radius 3 is 1.86 bits per heavy atom. The molecule has 0 radical (unpaired) electrons. The topological polar surface area (TPSA) is 32.8 Å². The predicted molar refractivity (Wildman–Crippen MR) is 308 cm³/mol. The van der Waals surface area contributed by atoms with Gasteiger partial charge in [0.25, 0.3) is 0 Å². The van der Waals surface area contributed by atoms with Crippen molar-refractivity contribution in [1.82, 2.24) is 0 Å². The normalized spacial score (nSPS) is 14.4. The molecule has 2 aliphatic heterocycles. The van der Waals surface area contributed by atoms with E-state index in [1.807, 2.05) is 0 Å². The number of hydrogen-bond donors (Lipinski definition) is 0. The van der Waals surface area contributed by atoms with Gasteiger partial charge in [0.05, 0.1) is 0 Å². The Balaban J connectivity index is 1.18. The van der Waals surface area contributed by atoms with E-state index in [2.05, 4.69) is 254 Å². The summed E-state index contributed by atoms with van der Waals surface area (Å²) in [5.74, 6) is 0.868. The van der Waals surface area contributed by atoms with Gasteiger partial charge in [-0.15, -0.1) is 0 Å². The lowest BCUT2D eigenvalue weighted by Gasteiger charge is -2.47. The number of nitrogens with zero attached hydrogens (tertiary/aromatic N) is 2. The van der Waals surface area contributed by atoms with Crippen LogP contribution in [-0.2, 0) is 16.2 Å². The molecule has 73 heavy (non-hydrogen) atoms. The molecule has 0 saturated carbocycles. The highest BCUT2D eigenvalue weighted by atomic mass is 16.3. The molecule has 0 atom stereocenters. The minimum Gasteiger partial charge on any atom is -0.456 e. The number of aryl methyl sites for hydroxylation is 1. The summed E-state index contributed by atoms with van der Waals surface area (Å²) in [7, 11) is 0. The van der Waals surface area contributed by atoms with Crippen LogP contribution in [0.15, 0.2) is 191 Å². The van der Waals surface area contributed by atoms with Gasteiger partial charge in [-0.3, -0.25) is 0 Å². The van der Waals surface area contributed by atoms with Crippen LogP contribution in [0.2, 0.25) is 0 Å². The van der Waals surface area contributed by atoms with Crippen LogP contribution in [0.3, 0.4) is 0 Å². The fourth-order valence-electron chi connectivity index (χ4n) is 12.8. The van der Waals surface area contributed by atoms with Crippen LogP contribution in [-0.4, -0.2) is 6.85 Å². The van der Waals surface area contributed by atoms with Gasteiger partial charge in [0, 0.05) is 72.8 Å². The van der Waals surface area contributed by atoms with Crippen LogP contribution >= 0.6 is 0 Å². The molecule has 0 bridgehead atoms. The van der Waals surface area contributed by atoms with Crippen LogP contribution in [0.4, 0.5) is 28.4 Å². The third kappa shape index (κ3) is 6.34. The number of rotatable bonds is 4. The van der Waals surface area contributed by atoms with E-state index in [1.165, 1.54) is 72.4 Å². The maximum atomic E-state index is 7.30. The van der Waals surface area contributed by atoms with E-state index >= 15 is 0 Å². The van der Waals surface area contributed by atoms with Crippen molar-refractivity contribution in [2.75, 3.05) is 9.71 Å². The summed E-state index contributed by atoms with van der Waals surface area (Å²) in [6, 6.07) is 67.7. The number of furan rings is 2. The van der Waals surface area contributed by atoms with Gasteiger partial charge < -0.3 is 18.5 Å². The quantitative estimate of drug-likeness (QED) is 0.165. The molecule has 0 unspecified atom stereocenters. The first-order valence-electron chi connectivity index (χ1n) is 25.9. The summed E-state index contributed by atoms with van der Waals surface area (Å²) in [5.41, 5.74) is 25.3. The third-order valence-electron chi connectivity index (χ3n) is 16.4. The zero-order valence-corrected chi connectivity index (χ0v) is 43.1. The van der Waals surface area contributed by atoms with Gasteiger partial charge in [0.2, 0.25) is 0 Å². The Hall–Kier alpha value is -8.02. The Bertz CT molecular complexity index is 4090. The number of anilines is 5. The number of benzene rings is 9. The first-order chi connectivity index (χ1) is 35.1. The van der Waals surface area contributed by atoms with Crippen LogP contribution in [0.1, 0.15) is 83.2 Å². The van der Waals surface area contributed by atoms with Crippen molar-refractivity contribution in [3.05, 3.63) is 210 Å². The number of para-hydroxylation sites is 1. The summed E-state index contributed by atoms with van der Waals surface area (Å²) >= 11 is 0.